The highest BCUT2D eigenvalue weighted by atomic mass is 35.5. The summed E-state index contributed by atoms with van der Waals surface area (Å²) in [4.78, 5) is 12.3. The van der Waals surface area contributed by atoms with Gasteiger partial charge in [0.05, 0.1) is 25.8 Å². The number of nitrogens with one attached hydrogen (secondary N) is 1. The first-order valence-corrected chi connectivity index (χ1v) is 7.73. The number of benzene rings is 2. The van der Waals surface area contributed by atoms with Gasteiger partial charge in [-0.3, -0.25) is 4.79 Å². The molecule has 1 amide bonds. The highest BCUT2D eigenvalue weighted by molar-refractivity contribution is 6.31. The molecule has 2 rings (SSSR count). The largest absolute Gasteiger partial charge is 0.493 e. The van der Waals surface area contributed by atoms with Crippen molar-refractivity contribution in [2.75, 3.05) is 14.2 Å². The molecule has 1 unspecified atom stereocenters. The lowest BCUT2D eigenvalue weighted by Gasteiger charge is -2.19. The maximum atomic E-state index is 13.8. The monoisotopic (exact) mass is 351 g/mol. The van der Waals surface area contributed by atoms with Crippen LogP contribution in [0.2, 0.25) is 5.02 Å². The van der Waals surface area contributed by atoms with Crippen LogP contribution in [0.25, 0.3) is 0 Å². The Hall–Kier alpha value is -2.27. The molecule has 0 fully saturated rings. The van der Waals surface area contributed by atoms with Crippen LogP contribution in [0.4, 0.5) is 4.39 Å². The van der Waals surface area contributed by atoms with Gasteiger partial charge in [-0.15, -0.1) is 0 Å². The number of methoxy groups -OCH3 is 2. The van der Waals surface area contributed by atoms with Crippen LogP contribution in [-0.4, -0.2) is 20.1 Å². The van der Waals surface area contributed by atoms with Crippen LogP contribution in [0.3, 0.4) is 0 Å². The summed E-state index contributed by atoms with van der Waals surface area (Å²) in [6, 6.07) is 7.15. The molecule has 1 N–H and O–H groups in total. The van der Waals surface area contributed by atoms with Crippen molar-refractivity contribution in [3.05, 3.63) is 57.9 Å². The molecule has 128 valence electrons. The number of rotatable bonds is 5. The van der Waals surface area contributed by atoms with E-state index in [1.807, 2.05) is 19.9 Å². The van der Waals surface area contributed by atoms with Crippen molar-refractivity contribution >= 4 is 17.5 Å². The average Bonchev–Trinajstić information content (AvgIpc) is 2.56. The summed E-state index contributed by atoms with van der Waals surface area (Å²) in [7, 11) is 3.10. The summed E-state index contributed by atoms with van der Waals surface area (Å²) in [5, 5.41) is 3.08. The summed E-state index contributed by atoms with van der Waals surface area (Å²) in [6.45, 7) is 3.72. The third kappa shape index (κ3) is 3.79. The Morgan fingerprint density at radius 2 is 1.79 bits per heavy atom. The Morgan fingerprint density at radius 1 is 1.17 bits per heavy atom. The van der Waals surface area contributed by atoms with Gasteiger partial charge < -0.3 is 14.8 Å². The highest BCUT2D eigenvalue weighted by Crippen LogP contribution is 2.33. The smallest absolute Gasteiger partial charge is 0.254 e. The number of hydrogen-bond acceptors (Lipinski definition) is 3. The predicted molar refractivity (Wildman–Crippen MR) is 91.6 cm³/mol. The molecule has 4 nitrogen and oxygen atoms in total. The van der Waals surface area contributed by atoms with E-state index in [9.17, 15) is 9.18 Å². The van der Waals surface area contributed by atoms with Crippen LogP contribution in [0, 0.1) is 12.7 Å². The Kier molecular flexibility index (Phi) is 5.67. The van der Waals surface area contributed by atoms with E-state index >= 15 is 0 Å². The van der Waals surface area contributed by atoms with Crippen LogP contribution >= 0.6 is 11.6 Å². The second-order valence-corrected chi connectivity index (χ2v) is 5.82. The molecule has 24 heavy (non-hydrogen) atoms. The normalized spacial score (nSPS) is 11.8. The van der Waals surface area contributed by atoms with E-state index in [-0.39, 0.29) is 11.6 Å². The summed E-state index contributed by atoms with van der Waals surface area (Å²) in [5.74, 6) is 0.0242. The fourth-order valence-corrected chi connectivity index (χ4v) is 2.66. The highest BCUT2D eigenvalue weighted by Gasteiger charge is 2.18. The van der Waals surface area contributed by atoms with Crippen molar-refractivity contribution < 1.29 is 18.7 Å². The minimum absolute atomic E-state index is 0.0903. The number of carbonyl (C=O) groups excluding carboxylic acids is 1. The van der Waals surface area contributed by atoms with Gasteiger partial charge in [0.25, 0.3) is 5.91 Å². The van der Waals surface area contributed by atoms with Gasteiger partial charge in [0.1, 0.15) is 5.82 Å². The number of aryl methyl sites for hydroxylation is 1. The third-order valence-corrected chi connectivity index (χ3v) is 3.99. The van der Waals surface area contributed by atoms with E-state index in [4.69, 9.17) is 21.1 Å². The SMILES string of the molecule is COc1cc(C)c(C(C)NC(=O)c2cc(Cl)ccc2F)cc1OC. The molecule has 0 radical (unpaired) electrons. The fourth-order valence-electron chi connectivity index (χ4n) is 2.49. The molecule has 6 heteroatoms. The van der Waals surface area contributed by atoms with Crippen LogP contribution in [0.1, 0.15) is 34.5 Å². The molecular formula is C18H19ClFNO3. The Morgan fingerprint density at radius 3 is 2.42 bits per heavy atom. The van der Waals surface area contributed by atoms with Gasteiger partial charge in [-0.25, -0.2) is 4.39 Å². The van der Waals surface area contributed by atoms with Gasteiger partial charge >= 0.3 is 0 Å². The van der Waals surface area contributed by atoms with E-state index in [2.05, 4.69) is 5.32 Å². The standard InChI is InChI=1S/C18H19ClFNO3/c1-10-7-16(23-3)17(24-4)9-13(10)11(2)21-18(22)14-8-12(19)5-6-15(14)20/h5-9,11H,1-4H3,(H,21,22). The lowest BCUT2D eigenvalue weighted by Crippen LogP contribution is -2.28. The lowest BCUT2D eigenvalue weighted by molar-refractivity contribution is 0.0935. The maximum Gasteiger partial charge on any atom is 0.254 e. The molecule has 0 aliphatic carbocycles. The van der Waals surface area contributed by atoms with E-state index in [1.54, 1.807) is 20.3 Å². The van der Waals surface area contributed by atoms with Gasteiger partial charge in [0, 0.05) is 5.02 Å². The van der Waals surface area contributed by atoms with E-state index < -0.39 is 11.7 Å². The number of amides is 1. The zero-order valence-electron chi connectivity index (χ0n) is 13.9. The van der Waals surface area contributed by atoms with Crippen molar-refractivity contribution in [2.45, 2.75) is 19.9 Å². The van der Waals surface area contributed by atoms with Gasteiger partial charge in [-0.05, 0) is 55.3 Å². The summed E-state index contributed by atoms with van der Waals surface area (Å²) < 4.78 is 24.4. The molecule has 0 saturated carbocycles. The zero-order chi connectivity index (χ0) is 17.9. The number of ether oxygens (including phenoxy) is 2. The Balaban J connectivity index is 2.27. The summed E-state index contributed by atoms with van der Waals surface area (Å²) in [6.07, 6.45) is 0. The molecule has 0 aromatic heterocycles. The zero-order valence-corrected chi connectivity index (χ0v) is 14.7. The predicted octanol–water partition coefficient (Wildman–Crippen LogP) is 4.30. The van der Waals surface area contributed by atoms with Crippen LogP contribution in [0.5, 0.6) is 11.5 Å². The topological polar surface area (TPSA) is 47.6 Å². The Labute approximate surface area is 145 Å². The molecule has 1 atom stereocenters. The lowest BCUT2D eigenvalue weighted by atomic mass is 10.0. The molecular weight excluding hydrogens is 333 g/mol. The van der Waals surface area contributed by atoms with E-state index in [1.165, 1.54) is 18.2 Å². The van der Waals surface area contributed by atoms with Crippen molar-refractivity contribution in [2.24, 2.45) is 0 Å². The van der Waals surface area contributed by atoms with Crippen molar-refractivity contribution in [3.8, 4) is 11.5 Å². The summed E-state index contributed by atoms with van der Waals surface area (Å²) in [5.41, 5.74) is 1.68. The fraction of sp³-hybridized carbons (Fsp3) is 0.278. The van der Waals surface area contributed by atoms with Crippen LogP contribution < -0.4 is 14.8 Å². The van der Waals surface area contributed by atoms with Crippen molar-refractivity contribution in [3.63, 3.8) is 0 Å². The quantitative estimate of drug-likeness (QED) is 0.873. The number of carbonyl (C=O) groups is 1. The molecule has 0 heterocycles. The Bertz CT molecular complexity index is 764. The van der Waals surface area contributed by atoms with E-state index in [0.29, 0.717) is 16.5 Å². The van der Waals surface area contributed by atoms with Gasteiger partial charge in [0.15, 0.2) is 11.5 Å². The maximum absolute atomic E-state index is 13.8. The second kappa shape index (κ2) is 7.53. The third-order valence-electron chi connectivity index (χ3n) is 3.76. The molecule has 0 aliphatic heterocycles. The number of halogens is 2. The summed E-state index contributed by atoms with van der Waals surface area (Å²) >= 11 is 5.84. The molecule has 0 bridgehead atoms. The minimum Gasteiger partial charge on any atom is -0.493 e. The minimum atomic E-state index is -0.617. The van der Waals surface area contributed by atoms with Crippen molar-refractivity contribution in [1.82, 2.24) is 5.32 Å². The first kappa shape index (κ1) is 18.1. The van der Waals surface area contributed by atoms with Gasteiger partial charge in [-0.2, -0.15) is 0 Å². The second-order valence-electron chi connectivity index (χ2n) is 5.38. The molecule has 2 aromatic rings. The molecule has 2 aromatic carbocycles. The molecule has 0 spiro atoms. The van der Waals surface area contributed by atoms with E-state index in [0.717, 1.165) is 11.1 Å². The first-order valence-electron chi connectivity index (χ1n) is 7.35. The van der Waals surface area contributed by atoms with Crippen LogP contribution in [-0.2, 0) is 0 Å². The first-order chi connectivity index (χ1) is 11.4. The van der Waals surface area contributed by atoms with Gasteiger partial charge in [-0.1, -0.05) is 11.6 Å². The van der Waals surface area contributed by atoms with Gasteiger partial charge in [0.2, 0.25) is 0 Å². The molecule has 0 aliphatic rings. The molecule has 0 saturated heterocycles. The number of hydrogen-bond donors (Lipinski definition) is 1. The van der Waals surface area contributed by atoms with Crippen LogP contribution in [0.15, 0.2) is 30.3 Å². The average molecular weight is 352 g/mol. The van der Waals surface area contributed by atoms with Crippen molar-refractivity contribution in [1.29, 1.82) is 0 Å².